The summed E-state index contributed by atoms with van der Waals surface area (Å²) in [5, 5.41) is 26.8. The number of hydrogen-bond acceptors (Lipinski definition) is 8. The van der Waals surface area contributed by atoms with Crippen molar-refractivity contribution in [2.24, 2.45) is 0 Å². The molecule has 0 fully saturated rings. The van der Waals surface area contributed by atoms with Gasteiger partial charge < -0.3 is 5.32 Å². The number of hydrogen-bond donors (Lipinski definition) is 1. The summed E-state index contributed by atoms with van der Waals surface area (Å²) in [6.07, 6.45) is 0. The highest BCUT2D eigenvalue weighted by Crippen LogP contribution is 2.22. The lowest BCUT2D eigenvalue weighted by molar-refractivity contribution is -0.384. The minimum Gasteiger partial charge on any atom is -0.323 e. The SMILES string of the molecule is O=C(CSc1nnnn1Cc1cccs1)Nc1cc([N+](=O)[O-])ccc1F. The standard InChI is InChI=1S/C14H11FN6O3S2/c15-11-4-3-9(21(23)24)6-12(11)16-13(22)8-26-14-17-18-19-20(14)7-10-2-1-5-25-10/h1-6H,7-8H2,(H,16,22). The molecule has 0 atom stereocenters. The lowest BCUT2D eigenvalue weighted by atomic mass is 10.2. The number of nitrogens with zero attached hydrogens (tertiary/aromatic N) is 5. The smallest absolute Gasteiger partial charge is 0.271 e. The number of amides is 1. The Morgan fingerprint density at radius 3 is 3.00 bits per heavy atom. The minimum absolute atomic E-state index is 0.0764. The summed E-state index contributed by atoms with van der Waals surface area (Å²) in [6, 6.07) is 6.79. The summed E-state index contributed by atoms with van der Waals surface area (Å²) >= 11 is 2.64. The zero-order chi connectivity index (χ0) is 18.5. The number of thioether (sulfide) groups is 1. The van der Waals surface area contributed by atoms with E-state index in [-0.39, 0.29) is 17.1 Å². The lowest BCUT2D eigenvalue weighted by Gasteiger charge is -2.06. The summed E-state index contributed by atoms with van der Waals surface area (Å²) in [5.41, 5.74) is -0.558. The van der Waals surface area contributed by atoms with E-state index in [1.807, 2.05) is 17.5 Å². The van der Waals surface area contributed by atoms with Crippen LogP contribution >= 0.6 is 23.1 Å². The number of nitrogens with one attached hydrogen (secondary N) is 1. The molecule has 0 saturated heterocycles. The predicted molar refractivity (Wildman–Crippen MR) is 93.6 cm³/mol. The van der Waals surface area contributed by atoms with Crippen molar-refractivity contribution in [2.75, 3.05) is 11.1 Å². The van der Waals surface area contributed by atoms with E-state index in [1.54, 1.807) is 16.0 Å². The molecule has 2 aromatic heterocycles. The van der Waals surface area contributed by atoms with E-state index in [2.05, 4.69) is 20.8 Å². The molecule has 0 aliphatic heterocycles. The van der Waals surface area contributed by atoms with Crippen molar-refractivity contribution in [1.29, 1.82) is 0 Å². The van der Waals surface area contributed by atoms with Crippen molar-refractivity contribution < 1.29 is 14.1 Å². The highest BCUT2D eigenvalue weighted by molar-refractivity contribution is 7.99. The molecule has 0 spiro atoms. The summed E-state index contributed by atoms with van der Waals surface area (Å²) in [6.45, 7) is 0.480. The number of nitro benzene ring substituents is 1. The van der Waals surface area contributed by atoms with Crippen LogP contribution in [0.5, 0.6) is 0 Å². The Bertz CT molecular complexity index is 931. The topological polar surface area (TPSA) is 116 Å². The Balaban J connectivity index is 1.61. The summed E-state index contributed by atoms with van der Waals surface area (Å²) in [5.74, 6) is -1.36. The van der Waals surface area contributed by atoms with E-state index in [4.69, 9.17) is 0 Å². The van der Waals surface area contributed by atoms with E-state index < -0.39 is 16.6 Å². The number of carbonyl (C=O) groups excluding carboxylic acids is 1. The first kappa shape index (κ1) is 17.9. The average Bonchev–Trinajstić information content (AvgIpc) is 3.27. The largest absolute Gasteiger partial charge is 0.323 e. The van der Waals surface area contributed by atoms with Crippen molar-refractivity contribution in [3.05, 3.63) is 56.5 Å². The van der Waals surface area contributed by atoms with Crippen molar-refractivity contribution in [3.63, 3.8) is 0 Å². The fourth-order valence-electron chi connectivity index (χ4n) is 1.99. The second-order valence-electron chi connectivity index (χ2n) is 4.96. The first-order valence-electron chi connectivity index (χ1n) is 7.18. The maximum atomic E-state index is 13.7. The van der Waals surface area contributed by atoms with E-state index in [0.29, 0.717) is 11.7 Å². The van der Waals surface area contributed by atoms with Crippen LogP contribution in [0.15, 0.2) is 40.9 Å². The molecule has 0 aliphatic carbocycles. The monoisotopic (exact) mass is 394 g/mol. The second kappa shape index (κ2) is 8.01. The predicted octanol–water partition coefficient (Wildman–Crippen LogP) is 2.56. The molecule has 1 aromatic carbocycles. The molecule has 26 heavy (non-hydrogen) atoms. The third-order valence-corrected chi connectivity index (χ3v) is 4.97. The summed E-state index contributed by atoms with van der Waals surface area (Å²) in [4.78, 5) is 23.2. The van der Waals surface area contributed by atoms with Gasteiger partial charge in [0, 0.05) is 17.0 Å². The Hall–Kier alpha value is -2.86. The number of halogens is 1. The summed E-state index contributed by atoms with van der Waals surface area (Å²) in [7, 11) is 0. The fourth-order valence-corrected chi connectivity index (χ4v) is 3.35. The third kappa shape index (κ3) is 4.40. The highest BCUT2D eigenvalue weighted by Gasteiger charge is 2.15. The van der Waals surface area contributed by atoms with E-state index >= 15 is 0 Å². The highest BCUT2D eigenvalue weighted by atomic mass is 32.2. The number of tetrazole rings is 1. The minimum atomic E-state index is -0.753. The van der Waals surface area contributed by atoms with Crippen LogP contribution < -0.4 is 5.32 Å². The molecule has 1 amide bonds. The summed E-state index contributed by atoms with van der Waals surface area (Å²) < 4.78 is 15.3. The quantitative estimate of drug-likeness (QED) is 0.372. The number of rotatable bonds is 7. The third-order valence-electron chi connectivity index (χ3n) is 3.15. The molecule has 0 aliphatic rings. The number of carbonyl (C=O) groups is 1. The number of non-ortho nitro benzene ring substituents is 1. The van der Waals surface area contributed by atoms with Gasteiger partial charge in [-0.3, -0.25) is 14.9 Å². The lowest BCUT2D eigenvalue weighted by Crippen LogP contribution is -2.16. The fraction of sp³-hybridized carbons (Fsp3) is 0.143. The van der Waals surface area contributed by atoms with Gasteiger partial charge in [-0.2, -0.15) is 0 Å². The Morgan fingerprint density at radius 2 is 2.27 bits per heavy atom. The van der Waals surface area contributed by atoms with E-state index in [1.165, 1.54) is 0 Å². The van der Waals surface area contributed by atoms with Crippen LogP contribution in [0.25, 0.3) is 0 Å². The van der Waals surface area contributed by atoms with Gasteiger partial charge in [-0.05, 0) is 27.9 Å². The molecule has 0 bridgehead atoms. The normalized spacial score (nSPS) is 10.7. The van der Waals surface area contributed by atoms with Crippen LogP contribution in [-0.4, -0.2) is 36.8 Å². The molecular formula is C14H11FN6O3S2. The molecule has 0 saturated carbocycles. The van der Waals surface area contributed by atoms with Gasteiger partial charge >= 0.3 is 0 Å². The first-order chi connectivity index (χ1) is 12.5. The van der Waals surface area contributed by atoms with Crippen molar-refractivity contribution in [2.45, 2.75) is 11.7 Å². The van der Waals surface area contributed by atoms with Gasteiger partial charge in [0.2, 0.25) is 11.1 Å². The van der Waals surface area contributed by atoms with Gasteiger partial charge in [0.25, 0.3) is 5.69 Å². The number of aromatic nitrogens is 4. The molecule has 3 aromatic rings. The Morgan fingerprint density at radius 1 is 1.42 bits per heavy atom. The molecule has 134 valence electrons. The molecule has 0 radical (unpaired) electrons. The van der Waals surface area contributed by atoms with Gasteiger partial charge in [0.1, 0.15) is 5.82 Å². The number of thiophene rings is 1. The maximum absolute atomic E-state index is 13.7. The molecule has 1 N–H and O–H groups in total. The van der Waals surface area contributed by atoms with Crippen LogP contribution in [0.1, 0.15) is 4.88 Å². The van der Waals surface area contributed by atoms with Crippen LogP contribution in [0.4, 0.5) is 15.8 Å². The molecular weight excluding hydrogens is 383 g/mol. The average molecular weight is 394 g/mol. The van der Waals surface area contributed by atoms with Crippen molar-refractivity contribution >= 4 is 40.4 Å². The van der Waals surface area contributed by atoms with E-state index in [9.17, 15) is 19.3 Å². The number of nitro groups is 1. The molecule has 0 unspecified atom stereocenters. The molecule has 3 rings (SSSR count). The Kier molecular flexibility index (Phi) is 5.53. The van der Waals surface area contributed by atoms with Crippen molar-refractivity contribution in [3.8, 4) is 0 Å². The first-order valence-corrected chi connectivity index (χ1v) is 9.04. The maximum Gasteiger partial charge on any atom is 0.271 e. The zero-order valence-corrected chi connectivity index (χ0v) is 14.7. The van der Waals surface area contributed by atoms with Crippen molar-refractivity contribution in [1.82, 2.24) is 20.2 Å². The van der Waals surface area contributed by atoms with Crippen LogP contribution in [-0.2, 0) is 11.3 Å². The van der Waals surface area contributed by atoms with Gasteiger partial charge in [-0.15, -0.1) is 16.4 Å². The zero-order valence-electron chi connectivity index (χ0n) is 13.0. The van der Waals surface area contributed by atoms with E-state index in [0.717, 1.165) is 34.8 Å². The van der Waals surface area contributed by atoms with Gasteiger partial charge in [0.05, 0.1) is 22.9 Å². The van der Waals surface area contributed by atoms with Gasteiger partial charge in [-0.1, -0.05) is 17.8 Å². The van der Waals surface area contributed by atoms with Crippen LogP contribution in [0, 0.1) is 15.9 Å². The Labute approximate surface area is 154 Å². The van der Waals surface area contributed by atoms with Gasteiger partial charge in [0.15, 0.2) is 0 Å². The van der Waals surface area contributed by atoms with Crippen LogP contribution in [0.3, 0.4) is 0 Å². The second-order valence-corrected chi connectivity index (χ2v) is 6.93. The molecule has 9 nitrogen and oxygen atoms in total. The van der Waals surface area contributed by atoms with Gasteiger partial charge in [-0.25, -0.2) is 9.07 Å². The van der Waals surface area contributed by atoms with Crippen LogP contribution in [0.2, 0.25) is 0 Å². The number of anilines is 1. The molecule has 2 heterocycles. The molecule has 12 heteroatoms. The number of benzene rings is 1.